The number of aryl methyl sites for hydroxylation is 1. The highest BCUT2D eigenvalue weighted by atomic mass is 35.5. The van der Waals surface area contributed by atoms with Crippen molar-refractivity contribution in [3.8, 4) is 0 Å². The maximum absolute atomic E-state index is 13.0. The number of amides is 2. The molecule has 2 aromatic carbocycles. The van der Waals surface area contributed by atoms with Gasteiger partial charge in [0.15, 0.2) is 0 Å². The molecule has 0 bridgehead atoms. The Morgan fingerprint density at radius 1 is 1.15 bits per heavy atom. The van der Waals surface area contributed by atoms with Crippen LogP contribution in [0.2, 0.25) is 5.02 Å². The van der Waals surface area contributed by atoms with Crippen molar-refractivity contribution >= 4 is 23.4 Å². The molecule has 0 radical (unpaired) electrons. The summed E-state index contributed by atoms with van der Waals surface area (Å²) in [6.07, 6.45) is 4.28. The summed E-state index contributed by atoms with van der Waals surface area (Å²) in [5, 5.41) is 14.0. The second-order valence-electron chi connectivity index (χ2n) is 7.96. The first-order valence-electron chi connectivity index (χ1n) is 11.0. The van der Waals surface area contributed by atoms with E-state index in [-0.39, 0.29) is 6.54 Å². The fourth-order valence-electron chi connectivity index (χ4n) is 3.51. The van der Waals surface area contributed by atoms with Crippen LogP contribution in [0.4, 0.5) is 0 Å². The Morgan fingerprint density at radius 2 is 1.88 bits per heavy atom. The molecule has 0 saturated heterocycles. The molecule has 3 aromatic rings. The summed E-state index contributed by atoms with van der Waals surface area (Å²) < 4.78 is 1.89. The predicted octanol–water partition coefficient (Wildman–Crippen LogP) is 4.46. The number of hydrogen-bond donors (Lipinski definition) is 2. The second-order valence-corrected chi connectivity index (χ2v) is 8.39. The summed E-state index contributed by atoms with van der Waals surface area (Å²) in [5.41, 5.74) is 2.11. The second kappa shape index (κ2) is 11.6. The van der Waals surface area contributed by atoms with Gasteiger partial charge in [0.2, 0.25) is 0 Å². The number of hydrogen-bond acceptors (Lipinski definition) is 4. The molecule has 0 aliphatic heterocycles. The van der Waals surface area contributed by atoms with Gasteiger partial charge in [0.25, 0.3) is 11.8 Å². The normalized spacial score (nSPS) is 11.8. The van der Waals surface area contributed by atoms with E-state index in [0.29, 0.717) is 27.9 Å². The van der Waals surface area contributed by atoms with Gasteiger partial charge in [-0.3, -0.25) is 14.8 Å². The van der Waals surface area contributed by atoms with Crippen LogP contribution in [0, 0.1) is 0 Å². The number of nitrogens with one attached hydrogen (secondary N) is 1. The number of benzene rings is 2. The molecule has 2 amide bonds. The number of hydroxylamine groups is 2. The summed E-state index contributed by atoms with van der Waals surface area (Å²) in [4.78, 5) is 30.1. The first kappa shape index (κ1) is 24.5. The third kappa shape index (κ3) is 6.66. The van der Waals surface area contributed by atoms with Crippen molar-refractivity contribution in [3.63, 3.8) is 0 Å². The Balaban J connectivity index is 1.71. The lowest BCUT2D eigenvalue weighted by Gasteiger charge is -2.21. The average Bonchev–Trinajstić information content (AvgIpc) is 3.20. The van der Waals surface area contributed by atoms with Gasteiger partial charge < -0.3 is 9.88 Å². The Morgan fingerprint density at radius 3 is 2.58 bits per heavy atom. The van der Waals surface area contributed by atoms with Gasteiger partial charge in [-0.2, -0.15) is 0 Å². The summed E-state index contributed by atoms with van der Waals surface area (Å²) in [6, 6.07) is 15.8. The van der Waals surface area contributed by atoms with Crippen molar-refractivity contribution in [3.05, 3.63) is 88.5 Å². The molecule has 2 N–H and O–H groups in total. The standard InChI is InChI=1S/C25H29ClN4O3/c1-3-4-13-23-27-15-22(29(23)16-19-9-6-5-7-10-19)24(31)28-18(2)25(32)30(33)17-20-11-8-12-21(26)14-20/h5-12,14-15,18,33H,3-4,13,16-17H2,1-2H3,(H,28,31)/t18-/m1/s1. The number of rotatable bonds is 10. The monoisotopic (exact) mass is 468 g/mol. The minimum absolute atomic E-state index is 0.0350. The number of carbonyl (C=O) groups excluding carboxylic acids is 2. The molecule has 0 fully saturated rings. The maximum Gasteiger partial charge on any atom is 0.270 e. The first-order chi connectivity index (χ1) is 15.9. The topological polar surface area (TPSA) is 87.5 Å². The number of carbonyl (C=O) groups is 2. The van der Waals surface area contributed by atoms with E-state index < -0.39 is 17.9 Å². The molecule has 0 spiro atoms. The molecule has 1 aromatic heterocycles. The highest BCUT2D eigenvalue weighted by Gasteiger charge is 2.24. The molecule has 3 rings (SSSR count). The van der Waals surface area contributed by atoms with Crippen molar-refractivity contribution in [2.45, 2.75) is 52.2 Å². The zero-order valence-electron chi connectivity index (χ0n) is 18.9. The number of aromatic nitrogens is 2. The van der Waals surface area contributed by atoms with Crippen LogP contribution in [0.15, 0.2) is 60.8 Å². The van der Waals surface area contributed by atoms with Gasteiger partial charge in [-0.1, -0.05) is 67.4 Å². The molecule has 33 heavy (non-hydrogen) atoms. The average molecular weight is 469 g/mol. The summed E-state index contributed by atoms with van der Waals surface area (Å²) in [6.45, 7) is 4.12. The SMILES string of the molecule is CCCCc1ncc(C(=O)N[C@H](C)C(=O)N(O)Cc2cccc(Cl)c2)n1Cc1ccccc1. The molecular weight excluding hydrogens is 440 g/mol. The van der Waals surface area contributed by atoms with Gasteiger partial charge in [0.05, 0.1) is 12.7 Å². The summed E-state index contributed by atoms with van der Waals surface area (Å²) in [5.74, 6) is -0.212. The lowest BCUT2D eigenvalue weighted by molar-refractivity contribution is -0.169. The molecule has 0 unspecified atom stereocenters. The van der Waals surface area contributed by atoms with Gasteiger partial charge in [0, 0.05) is 18.0 Å². The van der Waals surface area contributed by atoms with E-state index in [4.69, 9.17) is 11.6 Å². The molecule has 1 atom stereocenters. The van der Waals surface area contributed by atoms with E-state index in [2.05, 4.69) is 17.2 Å². The molecule has 1 heterocycles. The Hall–Kier alpha value is -3.16. The number of unbranched alkanes of at least 4 members (excludes halogenated alkanes) is 1. The van der Waals surface area contributed by atoms with E-state index in [0.717, 1.165) is 30.7 Å². The van der Waals surface area contributed by atoms with E-state index in [9.17, 15) is 14.8 Å². The van der Waals surface area contributed by atoms with Crippen LogP contribution in [-0.4, -0.2) is 37.7 Å². The number of halogens is 1. The first-order valence-corrected chi connectivity index (χ1v) is 11.4. The van der Waals surface area contributed by atoms with E-state index in [1.807, 2.05) is 34.9 Å². The molecule has 0 aliphatic rings. The van der Waals surface area contributed by atoms with Crippen LogP contribution in [0.3, 0.4) is 0 Å². The van der Waals surface area contributed by atoms with Crippen molar-refractivity contribution in [2.75, 3.05) is 0 Å². The number of imidazole rings is 1. The highest BCUT2D eigenvalue weighted by molar-refractivity contribution is 6.30. The van der Waals surface area contributed by atoms with Gasteiger partial charge in [-0.15, -0.1) is 0 Å². The molecule has 7 nitrogen and oxygen atoms in total. The fourth-order valence-corrected chi connectivity index (χ4v) is 3.73. The van der Waals surface area contributed by atoms with Crippen LogP contribution in [0.25, 0.3) is 0 Å². The van der Waals surface area contributed by atoms with Gasteiger partial charge in [-0.25, -0.2) is 10.0 Å². The quantitative estimate of drug-likeness (QED) is 0.339. The van der Waals surface area contributed by atoms with Gasteiger partial charge in [0.1, 0.15) is 17.6 Å². The van der Waals surface area contributed by atoms with Crippen molar-refractivity contribution in [1.29, 1.82) is 0 Å². The lowest BCUT2D eigenvalue weighted by Crippen LogP contribution is -2.46. The summed E-state index contributed by atoms with van der Waals surface area (Å²) >= 11 is 5.96. The molecule has 174 valence electrons. The van der Waals surface area contributed by atoms with Crippen molar-refractivity contribution in [1.82, 2.24) is 19.9 Å². The largest absolute Gasteiger partial charge is 0.339 e. The third-order valence-corrected chi connectivity index (χ3v) is 5.54. The zero-order chi connectivity index (χ0) is 23.8. The minimum atomic E-state index is -0.930. The van der Waals surface area contributed by atoms with E-state index in [1.165, 1.54) is 6.92 Å². The smallest absolute Gasteiger partial charge is 0.270 e. The lowest BCUT2D eigenvalue weighted by atomic mass is 10.2. The van der Waals surface area contributed by atoms with Crippen LogP contribution >= 0.6 is 11.6 Å². The van der Waals surface area contributed by atoms with E-state index >= 15 is 0 Å². The van der Waals surface area contributed by atoms with Crippen LogP contribution in [-0.2, 0) is 24.3 Å². The minimum Gasteiger partial charge on any atom is -0.339 e. The van der Waals surface area contributed by atoms with Crippen molar-refractivity contribution < 1.29 is 14.8 Å². The fraction of sp³-hybridized carbons (Fsp3) is 0.320. The van der Waals surface area contributed by atoms with Crippen molar-refractivity contribution in [2.24, 2.45) is 0 Å². The zero-order valence-corrected chi connectivity index (χ0v) is 19.6. The van der Waals surface area contributed by atoms with Crippen LogP contribution in [0.5, 0.6) is 0 Å². The van der Waals surface area contributed by atoms with Crippen LogP contribution < -0.4 is 5.32 Å². The Kier molecular flexibility index (Phi) is 8.63. The third-order valence-electron chi connectivity index (χ3n) is 5.30. The maximum atomic E-state index is 13.0. The summed E-state index contributed by atoms with van der Waals surface area (Å²) in [7, 11) is 0. The van der Waals surface area contributed by atoms with Crippen LogP contribution in [0.1, 0.15) is 54.1 Å². The molecule has 8 heteroatoms. The number of nitrogens with zero attached hydrogens (tertiary/aromatic N) is 3. The Bertz CT molecular complexity index is 1080. The molecule has 0 saturated carbocycles. The van der Waals surface area contributed by atoms with E-state index in [1.54, 1.807) is 30.5 Å². The van der Waals surface area contributed by atoms with Gasteiger partial charge >= 0.3 is 0 Å². The molecular formula is C25H29ClN4O3. The molecule has 0 aliphatic carbocycles. The van der Waals surface area contributed by atoms with Gasteiger partial charge in [-0.05, 0) is 36.6 Å². The predicted molar refractivity (Wildman–Crippen MR) is 127 cm³/mol. The Labute approximate surface area is 199 Å². The highest BCUT2D eigenvalue weighted by Crippen LogP contribution is 2.15.